The maximum atomic E-state index is 5.43. The highest BCUT2D eigenvalue weighted by atomic mass is 16.5. The lowest BCUT2D eigenvalue weighted by molar-refractivity contribution is 0.226. The van der Waals surface area contributed by atoms with Crippen LogP contribution in [0.2, 0.25) is 0 Å². The summed E-state index contributed by atoms with van der Waals surface area (Å²) in [7, 11) is 1.76. The van der Waals surface area contributed by atoms with E-state index in [9.17, 15) is 0 Å². The van der Waals surface area contributed by atoms with Crippen LogP contribution in [-0.2, 0) is 5.41 Å². The van der Waals surface area contributed by atoms with E-state index in [0.717, 1.165) is 5.75 Å². The van der Waals surface area contributed by atoms with Crippen molar-refractivity contribution in [1.82, 2.24) is 0 Å². The number of para-hydroxylation sites is 1. The SMILES string of the molecule is C.CCC1(c2ccccc2OC)CCC1. The zero-order chi connectivity index (χ0) is 10.0. The van der Waals surface area contributed by atoms with Crippen LogP contribution in [0.4, 0.5) is 0 Å². The Labute approximate surface area is 93.5 Å². The van der Waals surface area contributed by atoms with Crippen molar-refractivity contribution in [3.8, 4) is 5.75 Å². The molecule has 1 aliphatic carbocycles. The number of hydrogen-bond acceptors (Lipinski definition) is 1. The van der Waals surface area contributed by atoms with Crippen LogP contribution in [0.1, 0.15) is 45.6 Å². The van der Waals surface area contributed by atoms with Gasteiger partial charge in [-0.3, -0.25) is 0 Å². The molecule has 15 heavy (non-hydrogen) atoms. The van der Waals surface area contributed by atoms with E-state index in [1.807, 2.05) is 6.07 Å². The largest absolute Gasteiger partial charge is 0.496 e. The molecule has 1 nitrogen and oxygen atoms in total. The third-order valence-corrected chi connectivity index (χ3v) is 3.67. The van der Waals surface area contributed by atoms with Crippen LogP contribution in [-0.4, -0.2) is 7.11 Å². The molecule has 0 amide bonds. The third-order valence-electron chi connectivity index (χ3n) is 3.67. The molecule has 1 saturated carbocycles. The Morgan fingerprint density at radius 3 is 2.40 bits per heavy atom. The second-order valence-corrected chi connectivity index (χ2v) is 4.19. The predicted molar refractivity (Wildman–Crippen MR) is 65.5 cm³/mol. The maximum Gasteiger partial charge on any atom is 0.122 e. The molecule has 0 saturated heterocycles. The van der Waals surface area contributed by atoms with Crippen LogP contribution in [0, 0.1) is 0 Å². The summed E-state index contributed by atoms with van der Waals surface area (Å²) in [4.78, 5) is 0. The van der Waals surface area contributed by atoms with Gasteiger partial charge < -0.3 is 4.74 Å². The van der Waals surface area contributed by atoms with Crippen molar-refractivity contribution in [2.45, 2.75) is 45.4 Å². The van der Waals surface area contributed by atoms with Crippen molar-refractivity contribution in [3.63, 3.8) is 0 Å². The molecule has 1 fully saturated rings. The van der Waals surface area contributed by atoms with Crippen molar-refractivity contribution in [3.05, 3.63) is 29.8 Å². The Morgan fingerprint density at radius 2 is 1.93 bits per heavy atom. The lowest BCUT2D eigenvalue weighted by Gasteiger charge is -2.42. The number of benzene rings is 1. The number of ether oxygens (including phenoxy) is 1. The van der Waals surface area contributed by atoms with E-state index in [1.54, 1.807) is 7.11 Å². The fraction of sp³-hybridized carbons (Fsp3) is 0.571. The second-order valence-electron chi connectivity index (χ2n) is 4.19. The summed E-state index contributed by atoms with van der Waals surface area (Å²) in [6, 6.07) is 8.46. The predicted octanol–water partition coefficient (Wildman–Crippen LogP) is 4.16. The van der Waals surface area contributed by atoms with Crippen LogP contribution in [0.15, 0.2) is 24.3 Å². The highest BCUT2D eigenvalue weighted by Crippen LogP contribution is 2.49. The number of hydrogen-bond donors (Lipinski definition) is 0. The third kappa shape index (κ3) is 1.88. The van der Waals surface area contributed by atoms with Gasteiger partial charge in [0.1, 0.15) is 5.75 Å². The molecule has 84 valence electrons. The molecule has 2 rings (SSSR count). The standard InChI is InChI=1S/C13H18O.CH4/c1-3-13(9-6-10-13)11-7-4-5-8-12(11)14-2;/h4-5,7-8H,3,6,9-10H2,1-2H3;1H4. The van der Waals surface area contributed by atoms with Gasteiger partial charge in [0, 0.05) is 5.56 Å². The van der Waals surface area contributed by atoms with E-state index in [-0.39, 0.29) is 7.43 Å². The summed E-state index contributed by atoms with van der Waals surface area (Å²) in [6.07, 6.45) is 5.24. The summed E-state index contributed by atoms with van der Waals surface area (Å²) in [5.41, 5.74) is 1.84. The van der Waals surface area contributed by atoms with Gasteiger partial charge in [-0.2, -0.15) is 0 Å². The molecular formula is C14H22O. The van der Waals surface area contributed by atoms with Crippen LogP contribution in [0.25, 0.3) is 0 Å². The Hall–Kier alpha value is -0.980. The minimum absolute atomic E-state index is 0. The van der Waals surface area contributed by atoms with Gasteiger partial charge in [-0.05, 0) is 30.7 Å². The number of rotatable bonds is 3. The van der Waals surface area contributed by atoms with Gasteiger partial charge in [-0.15, -0.1) is 0 Å². The first-order valence-electron chi connectivity index (χ1n) is 5.46. The monoisotopic (exact) mass is 206 g/mol. The van der Waals surface area contributed by atoms with Gasteiger partial charge >= 0.3 is 0 Å². The highest BCUT2D eigenvalue weighted by molar-refractivity contribution is 5.41. The Balaban J connectivity index is 0.00000112. The van der Waals surface area contributed by atoms with Crippen LogP contribution >= 0.6 is 0 Å². The fourth-order valence-electron chi connectivity index (χ4n) is 2.50. The Kier molecular flexibility index (Phi) is 3.78. The Morgan fingerprint density at radius 1 is 1.27 bits per heavy atom. The molecule has 1 aromatic carbocycles. The van der Waals surface area contributed by atoms with Crippen molar-refractivity contribution in [2.75, 3.05) is 7.11 Å². The van der Waals surface area contributed by atoms with E-state index >= 15 is 0 Å². The second kappa shape index (κ2) is 4.69. The van der Waals surface area contributed by atoms with Gasteiger partial charge in [-0.1, -0.05) is 39.0 Å². The first-order valence-corrected chi connectivity index (χ1v) is 5.46. The molecule has 0 aliphatic heterocycles. The summed E-state index contributed by atoms with van der Waals surface area (Å²) < 4.78 is 5.43. The van der Waals surface area contributed by atoms with Crippen LogP contribution in [0.5, 0.6) is 5.75 Å². The van der Waals surface area contributed by atoms with Gasteiger partial charge in [0.15, 0.2) is 0 Å². The van der Waals surface area contributed by atoms with Gasteiger partial charge in [0.25, 0.3) is 0 Å². The van der Waals surface area contributed by atoms with Crippen molar-refractivity contribution in [2.24, 2.45) is 0 Å². The number of methoxy groups -OCH3 is 1. The summed E-state index contributed by atoms with van der Waals surface area (Å²) in [5.74, 6) is 1.06. The van der Waals surface area contributed by atoms with Gasteiger partial charge in [0.05, 0.1) is 7.11 Å². The first kappa shape index (κ1) is 12.1. The molecule has 0 N–H and O–H groups in total. The lowest BCUT2D eigenvalue weighted by atomic mass is 9.63. The molecular weight excluding hydrogens is 184 g/mol. The zero-order valence-electron chi connectivity index (χ0n) is 9.05. The molecule has 0 aromatic heterocycles. The topological polar surface area (TPSA) is 9.23 Å². The van der Waals surface area contributed by atoms with E-state index < -0.39 is 0 Å². The normalized spacial score (nSPS) is 17.5. The molecule has 1 aliphatic rings. The summed E-state index contributed by atoms with van der Waals surface area (Å²) in [6.45, 7) is 2.28. The van der Waals surface area contributed by atoms with Crippen molar-refractivity contribution < 1.29 is 4.74 Å². The smallest absolute Gasteiger partial charge is 0.122 e. The fourth-order valence-corrected chi connectivity index (χ4v) is 2.50. The molecule has 0 spiro atoms. The van der Waals surface area contributed by atoms with Crippen LogP contribution < -0.4 is 4.74 Å². The van der Waals surface area contributed by atoms with E-state index in [1.165, 1.54) is 31.2 Å². The Bertz CT molecular complexity index is 307. The molecule has 0 atom stereocenters. The van der Waals surface area contributed by atoms with E-state index in [0.29, 0.717) is 5.41 Å². The summed E-state index contributed by atoms with van der Waals surface area (Å²) >= 11 is 0. The minimum Gasteiger partial charge on any atom is -0.496 e. The molecule has 1 aromatic rings. The molecule has 1 heteroatoms. The zero-order valence-corrected chi connectivity index (χ0v) is 9.05. The van der Waals surface area contributed by atoms with Gasteiger partial charge in [0.2, 0.25) is 0 Å². The molecule has 0 bridgehead atoms. The minimum atomic E-state index is 0. The summed E-state index contributed by atoms with van der Waals surface area (Å²) in [5, 5.41) is 0. The van der Waals surface area contributed by atoms with E-state index in [4.69, 9.17) is 4.74 Å². The highest BCUT2D eigenvalue weighted by Gasteiger charge is 2.38. The first-order chi connectivity index (χ1) is 6.82. The van der Waals surface area contributed by atoms with Crippen molar-refractivity contribution >= 4 is 0 Å². The van der Waals surface area contributed by atoms with E-state index in [2.05, 4.69) is 25.1 Å². The molecule has 0 unspecified atom stereocenters. The average Bonchev–Trinajstić information content (AvgIpc) is 2.18. The van der Waals surface area contributed by atoms with Crippen LogP contribution in [0.3, 0.4) is 0 Å². The van der Waals surface area contributed by atoms with Gasteiger partial charge in [-0.25, -0.2) is 0 Å². The van der Waals surface area contributed by atoms with Crippen molar-refractivity contribution in [1.29, 1.82) is 0 Å². The quantitative estimate of drug-likeness (QED) is 0.721. The average molecular weight is 206 g/mol. The molecule has 0 heterocycles. The maximum absolute atomic E-state index is 5.43. The lowest BCUT2D eigenvalue weighted by Crippen LogP contribution is -2.33. The molecule has 0 radical (unpaired) electrons.